The van der Waals surface area contributed by atoms with Gasteiger partial charge < -0.3 is 15.4 Å². The van der Waals surface area contributed by atoms with Crippen LogP contribution >= 0.6 is 0 Å². The van der Waals surface area contributed by atoms with Crippen LogP contribution in [0.25, 0.3) is 0 Å². The van der Waals surface area contributed by atoms with Gasteiger partial charge >= 0.3 is 0 Å². The predicted molar refractivity (Wildman–Crippen MR) is 88.7 cm³/mol. The molecule has 0 bridgehead atoms. The smallest absolute Gasteiger partial charge is 0.265 e. The van der Waals surface area contributed by atoms with Crippen LogP contribution in [0.4, 0.5) is 11.4 Å². The highest BCUT2D eigenvalue weighted by Crippen LogP contribution is 2.32. The lowest BCUT2D eigenvalue weighted by molar-refractivity contribution is -0.122. The van der Waals surface area contributed by atoms with Crippen molar-refractivity contribution in [1.82, 2.24) is 0 Å². The molecular formula is C18H18N2O3. The summed E-state index contributed by atoms with van der Waals surface area (Å²) in [5.74, 6) is 0.311. The lowest BCUT2D eigenvalue weighted by Crippen LogP contribution is -2.34. The molecule has 5 heteroatoms. The van der Waals surface area contributed by atoms with Crippen LogP contribution in [0.5, 0.6) is 5.75 Å². The lowest BCUT2D eigenvalue weighted by atomic mass is 10.1. The zero-order valence-corrected chi connectivity index (χ0v) is 13.1. The van der Waals surface area contributed by atoms with Crippen molar-refractivity contribution in [2.24, 2.45) is 0 Å². The summed E-state index contributed by atoms with van der Waals surface area (Å²) in [7, 11) is 0. The number of ether oxygens (including phenoxy) is 1. The second-order valence-corrected chi connectivity index (χ2v) is 5.61. The largest absolute Gasteiger partial charge is 0.479 e. The molecule has 1 unspecified atom stereocenters. The van der Waals surface area contributed by atoms with Gasteiger partial charge in [-0.2, -0.15) is 0 Å². The van der Waals surface area contributed by atoms with Gasteiger partial charge in [0.15, 0.2) is 6.10 Å². The highest BCUT2D eigenvalue weighted by atomic mass is 16.5. The average molecular weight is 310 g/mol. The first-order valence-corrected chi connectivity index (χ1v) is 7.49. The average Bonchev–Trinajstić information content (AvgIpc) is 2.51. The number of nitrogens with one attached hydrogen (secondary N) is 2. The Kier molecular flexibility index (Phi) is 4.02. The van der Waals surface area contributed by atoms with E-state index in [1.807, 2.05) is 31.2 Å². The normalized spacial score (nSPS) is 16.1. The van der Waals surface area contributed by atoms with Crippen molar-refractivity contribution >= 4 is 23.2 Å². The van der Waals surface area contributed by atoms with Crippen molar-refractivity contribution in [3.8, 4) is 5.75 Å². The molecule has 2 N–H and O–H groups in total. The van der Waals surface area contributed by atoms with Crippen LogP contribution in [0, 0.1) is 6.92 Å². The Labute approximate surface area is 134 Å². The molecule has 118 valence electrons. The third-order valence-electron chi connectivity index (χ3n) is 3.81. The van der Waals surface area contributed by atoms with Gasteiger partial charge in [-0.25, -0.2) is 0 Å². The number of aryl methyl sites for hydroxylation is 1. The Hall–Kier alpha value is -2.82. The summed E-state index contributed by atoms with van der Waals surface area (Å²) < 4.78 is 5.49. The summed E-state index contributed by atoms with van der Waals surface area (Å²) in [5.41, 5.74) is 3.28. The van der Waals surface area contributed by atoms with Crippen LogP contribution in [0.3, 0.4) is 0 Å². The third kappa shape index (κ3) is 3.34. The summed E-state index contributed by atoms with van der Waals surface area (Å²) in [6, 6.07) is 13.0. The van der Waals surface area contributed by atoms with Gasteiger partial charge in [0, 0.05) is 5.69 Å². The number of carbonyl (C=O) groups is 2. The topological polar surface area (TPSA) is 67.4 Å². The molecule has 3 rings (SSSR count). The molecule has 0 radical (unpaired) electrons. The number of amides is 2. The van der Waals surface area contributed by atoms with Gasteiger partial charge in [0.25, 0.3) is 5.91 Å². The van der Waals surface area contributed by atoms with Crippen LogP contribution in [0.15, 0.2) is 42.5 Å². The second-order valence-electron chi connectivity index (χ2n) is 5.61. The summed E-state index contributed by atoms with van der Waals surface area (Å²) >= 11 is 0. The molecule has 0 aromatic heterocycles. The van der Waals surface area contributed by atoms with Crippen molar-refractivity contribution in [2.45, 2.75) is 26.4 Å². The fraction of sp³-hybridized carbons (Fsp3) is 0.222. The zero-order chi connectivity index (χ0) is 16.4. The number of carbonyl (C=O) groups excluding carboxylic acids is 2. The van der Waals surface area contributed by atoms with Crippen molar-refractivity contribution in [3.63, 3.8) is 0 Å². The molecule has 2 amide bonds. The number of fused-ring (bicyclic) bond motifs is 1. The van der Waals surface area contributed by atoms with Gasteiger partial charge in [-0.1, -0.05) is 24.3 Å². The second kappa shape index (κ2) is 6.12. The van der Waals surface area contributed by atoms with E-state index in [9.17, 15) is 9.59 Å². The summed E-state index contributed by atoms with van der Waals surface area (Å²) in [6.45, 7) is 3.67. The minimum atomic E-state index is -0.510. The maximum absolute atomic E-state index is 12.2. The molecule has 0 spiro atoms. The maximum atomic E-state index is 12.2. The molecule has 2 aromatic rings. The first kappa shape index (κ1) is 15.1. The number of rotatable bonds is 3. The van der Waals surface area contributed by atoms with Crippen LogP contribution in [0.1, 0.15) is 18.1 Å². The monoisotopic (exact) mass is 310 g/mol. The van der Waals surface area contributed by atoms with Gasteiger partial charge in [0.2, 0.25) is 5.91 Å². The van der Waals surface area contributed by atoms with E-state index in [4.69, 9.17) is 4.74 Å². The molecule has 5 nitrogen and oxygen atoms in total. The molecule has 0 saturated heterocycles. The van der Waals surface area contributed by atoms with Gasteiger partial charge in [0.1, 0.15) is 5.75 Å². The molecule has 1 aliphatic heterocycles. The Morgan fingerprint density at radius 2 is 2.04 bits per heavy atom. The number of hydrogen-bond donors (Lipinski definition) is 2. The molecule has 1 aliphatic rings. The molecule has 0 fully saturated rings. The molecule has 1 heterocycles. The van der Waals surface area contributed by atoms with E-state index >= 15 is 0 Å². The summed E-state index contributed by atoms with van der Waals surface area (Å²) in [6.07, 6.45) is -0.201. The van der Waals surface area contributed by atoms with E-state index in [2.05, 4.69) is 10.6 Å². The van der Waals surface area contributed by atoms with Gasteiger partial charge in [-0.05, 0) is 43.2 Å². The molecule has 0 saturated carbocycles. The molecule has 1 atom stereocenters. The first-order chi connectivity index (χ1) is 11.0. The van der Waals surface area contributed by atoms with Crippen LogP contribution < -0.4 is 15.4 Å². The lowest BCUT2D eigenvalue weighted by Gasteiger charge is -2.23. The highest BCUT2D eigenvalue weighted by molar-refractivity contribution is 5.99. The van der Waals surface area contributed by atoms with Crippen molar-refractivity contribution < 1.29 is 14.3 Å². The van der Waals surface area contributed by atoms with E-state index in [1.165, 1.54) is 0 Å². The van der Waals surface area contributed by atoms with Crippen molar-refractivity contribution in [2.75, 3.05) is 10.6 Å². The van der Waals surface area contributed by atoms with Gasteiger partial charge in [-0.3, -0.25) is 9.59 Å². The molecular weight excluding hydrogens is 292 g/mol. The minimum Gasteiger partial charge on any atom is -0.479 e. The number of hydrogen-bond acceptors (Lipinski definition) is 3. The fourth-order valence-electron chi connectivity index (χ4n) is 2.47. The van der Waals surface area contributed by atoms with E-state index in [1.54, 1.807) is 25.1 Å². The van der Waals surface area contributed by atoms with Crippen LogP contribution in [-0.2, 0) is 16.0 Å². The van der Waals surface area contributed by atoms with E-state index in [0.29, 0.717) is 23.5 Å². The van der Waals surface area contributed by atoms with Gasteiger partial charge in [-0.15, -0.1) is 0 Å². The molecule has 23 heavy (non-hydrogen) atoms. The van der Waals surface area contributed by atoms with Gasteiger partial charge in [0.05, 0.1) is 12.1 Å². The number of benzene rings is 2. The van der Waals surface area contributed by atoms with E-state index < -0.39 is 6.10 Å². The fourth-order valence-corrected chi connectivity index (χ4v) is 2.47. The molecule has 0 aliphatic carbocycles. The zero-order valence-electron chi connectivity index (χ0n) is 13.1. The highest BCUT2D eigenvalue weighted by Gasteiger charge is 2.23. The standard InChI is InChI=1S/C18H18N2O3/c1-11-5-3-4-6-13(11)9-17(21)19-14-7-8-16-15(10-14)20-18(22)12(2)23-16/h3-8,10,12H,9H2,1-2H3,(H,19,21)(H,20,22). The number of anilines is 2. The third-order valence-corrected chi connectivity index (χ3v) is 3.81. The van der Waals surface area contributed by atoms with E-state index in [-0.39, 0.29) is 11.8 Å². The van der Waals surface area contributed by atoms with Crippen molar-refractivity contribution in [1.29, 1.82) is 0 Å². The van der Waals surface area contributed by atoms with Crippen molar-refractivity contribution in [3.05, 3.63) is 53.6 Å². The Morgan fingerprint density at radius 3 is 2.83 bits per heavy atom. The van der Waals surface area contributed by atoms with Crippen LogP contribution in [0.2, 0.25) is 0 Å². The Bertz CT molecular complexity index is 771. The van der Waals surface area contributed by atoms with E-state index in [0.717, 1.165) is 11.1 Å². The maximum Gasteiger partial charge on any atom is 0.265 e. The first-order valence-electron chi connectivity index (χ1n) is 7.49. The minimum absolute atomic E-state index is 0.101. The summed E-state index contributed by atoms with van der Waals surface area (Å²) in [5, 5.41) is 5.61. The SMILES string of the molecule is Cc1ccccc1CC(=O)Nc1ccc2c(c1)NC(=O)C(C)O2. The predicted octanol–water partition coefficient (Wildman–Crippen LogP) is 2.90. The Balaban J connectivity index is 1.71. The van der Waals surface area contributed by atoms with Crippen LogP contribution in [-0.4, -0.2) is 17.9 Å². The summed E-state index contributed by atoms with van der Waals surface area (Å²) in [4.78, 5) is 23.8. The Morgan fingerprint density at radius 1 is 1.26 bits per heavy atom. The molecule has 2 aromatic carbocycles. The quantitative estimate of drug-likeness (QED) is 0.916.